The summed E-state index contributed by atoms with van der Waals surface area (Å²) in [5, 5.41) is 0. The second kappa shape index (κ2) is 5.85. The molecule has 1 heterocycles. The Morgan fingerprint density at radius 1 is 1.24 bits per heavy atom. The highest BCUT2D eigenvalue weighted by Gasteiger charge is 2.32. The zero-order chi connectivity index (χ0) is 12.3. The van der Waals surface area contributed by atoms with E-state index in [1.54, 1.807) is 6.92 Å². The van der Waals surface area contributed by atoms with Crippen LogP contribution in [0.15, 0.2) is 0 Å². The quantitative estimate of drug-likeness (QED) is 0.820. The van der Waals surface area contributed by atoms with Crippen molar-refractivity contribution in [3.63, 3.8) is 0 Å². The summed E-state index contributed by atoms with van der Waals surface area (Å²) >= 11 is 0. The van der Waals surface area contributed by atoms with E-state index in [0.29, 0.717) is 6.04 Å². The van der Waals surface area contributed by atoms with Gasteiger partial charge in [-0.15, -0.1) is 0 Å². The van der Waals surface area contributed by atoms with E-state index in [0.717, 1.165) is 18.9 Å². The SMILES string of the molecule is C[C@H](N)C(=O)N1CCCC1CC1CCCCC1. The molecule has 1 saturated carbocycles. The summed E-state index contributed by atoms with van der Waals surface area (Å²) < 4.78 is 0. The molecule has 0 bridgehead atoms. The molecule has 0 aromatic heterocycles. The van der Waals surface area contributed by atoms with Crippen LogP contribution < -0.4 is 5.73 Å². The Hall–Kier alpha value is -0.570. The maximum absolute atomic E-state index is 12.0. The molecule has 1 aliphatic heterocycles. The normalized spacial score (nSPS) is 28.4. The Bertz CT molecular complexity index is 259. The molecule has 17 heavy (non-hydrogen) atoms. The van der Waals surface area contributed by atoms with Gasteiger partial charge in [0.15, 0.2) is 0 Å². The molecule has 2 fully saturated rings. The fraction of sp³-hybridized carbons (Fsp3) is 0.929. The first-order valence-electron chi connectivity index (χ1n) is 7.24. The number of carbonyl (C=O) groups excluding carboxylic acids is 1. The van der Waals surface area contributed by atoms with E-state index >= 15 is 0 Å². The summed E-state index contributed by atoms with van der Waals surface area (Å²) in [7, 11) is 0. The van der Waals surface area contributed by atoms with Crippen molar-refractivity contribution < 1.29 is 4.79 Å². The lowest BCUT2D eigenvalue weighted by atomic mass is 9.84. The van der Waals surface area contributed by atoms with Crippen molar-refractivity contribution >= 4 is 5.91 Å². The highest BCUT2D eigenvalue weighted by atomic mass is 16.2. The molecule has 2 atom stereocenters. The van der Waals surface area contributed by atoms with Crippen LogP contribution >= 0.6 is 0 Å². The van der Waals surface area contributed by atoms with E-state index in [4.69, 9.17) is 5.73 Å². The van der Waals surface area contributed by atoms with Gasteiger partial charge in [0, 0.05) is 12.6 Å². The number of carbonyl (C=O) groups is 1. The summed E-state index contributed by atoms with van der Waals surface area (Å²) in [6, 6.07) is 0.151. The first-order valence-corrected chi connectivity index (χ1v) is 7.24. The van der Waals surface area contributed by atoms with Gasteiger partial charge in [-0.2, -0.15) is 0 Å². The molecule has 1 aliphatic carbocycles. The molecule has 2 N–H and O–H groups in total. The molecule has 0 aromatic carbocycles. The molecule has 1 unspecified atom stereocenters. The minimum absolute atomic E-state index is 0.156. The lowest BCUT2D eigenvalue weighted by Gasteiger charge is -2.31. The number of likely N-dealkylation sites (tertiary alicyclic amines) is 1. The van der Waals surface area contributed by atoms with Crippen LogP contribution in [-0.4, -0.2) is 29.4 Å². The van der Waals surface area contributed by atoms with Crippen molar-refractivity contribution in [2.24, 2.45) is 11.7 Å². The van der Waals surface area contributed by atoms with Crippen LogP contribution in [-0.2, 0) is 4.79 Å². The standard InChI is InChI=1S/C14H26N2O/c1-11(15)14(17)16-9-5-8-13(16)10-12-6-3-2-4-7-12/h11-13H,2-10,15H2,1H3/t11-,13?/m0/s1. The van der Waals surface area contributed by atoms with Crippen LogP contribution in [0.4, 0.5) is 0 Å². The Morgan fingerprint density at radius 3 is 2.59 bits per heavy atom. The van der Waals surface area contributed by atoms with E-state index < -0.39 is 0 Å². The molecule has 2 aliphatic rings. The van der Waals surface area contributed by atoms with Gasteiger partial charge in [-0.25, -0.2) is 0 Å². The van der Waals surface area contributed by atoms with E-state index in [9.17, 15) is 4.79 Å². The third kappa shape index (κ3) is 3.21. The monoisotopic (exact) mass is 238 g/mol. The number of amides is 1. The van der Waals surface area contributed by atoms with Crippen LogP contribution in [0.25, 0.3) is 0 Å². The van der Waals surface area contributed by atoms with E-state index in [-0.39, 0.29) is 11.9 Å². The first kappa shape index (κ1) is 12.9. The molecule has 98 valence electrons. The smallest absolute Gasteiger partial charge is 0.239 e. The molecule has 3 heteroatoms. The molecule has 0 aromatic rings. The Labute approximate surface area is 105 Å². The average molecular weight is 238 g/mol. The molecule has 2 rings (SSSR count). The molecular weight excluding hydrogens is 212 g/mol. The van der Waals surface area contributed by atoms with Crippen molar-refractivity contribution in [3.05, 3.63) is 0 Å². The van der Waals surface area contributed by atoms with Gasteiger partial charge in [0.2, 0.25) is 5.91 Å². The van der Waals surface area contributed by atoms with Crippen molar-refractivity contribution in [2.45, 2.75) is 70.4 Å². The van der Waals surface area contributed by atoms with Crippen LogP contribution in [0, 0.1) is 5.92 Å². The summed E-state index contributed by atoms with van der Waals surface area (Å²) in [5.74, 6) is 1.01. The minimum atomic E-state index is -0.332. The second-order valence-corrected chi connectivity index (χ2v) is 5.86. The van der Waals surface area contributed by atoms with Crippen LogP contribution in [0.1, 0.15) is 58.3 Å². The number of hydrogen-bond donors (Lipinski definition) is 1. The highest BCUT2D eigenvalue weighted by molar-refractivity contribution is 5.81. The largest absolute Gasteiger partial charge is 0.338 e. The Kier molecular flexibility index (Phi) is 4.43. The van der Waals surface area contributed by atoms with Crippen molar-refractivity contribution in [1.82, 2.24) is 4.90 Å². The Morgan fingerprint density at radius 2 is 1.94 bits per heavy atom. The third-order valence-electron chi connectivity index (χ3n) is 4.38. The molecule has 0 radical (unpaired) electrons. The van der Waals surface area contributed by atoms with Gasteiger partial charge >= 0.3 is 0 Å². The first-order chi connectivity index (χ1) is 8.18. The third-order valence-corrected chi connectivity index (χ3v) is 4.38. The number of nitrogens with zero attached hydrogens (tertiary/aromatic N) is 1. The lowest BCUT2D eigenvalue weighted by Crippen LogP contribution is -2.45. The van der Waals surface area contributed by atoms with Gasteiger partial charge in [0.05, 0.1) is 6.04 Å². The van der Waals surface area contributed by atoms with Crippen molar-refractivity contribution in [3.8, 4) is 0 Å². The average Bonchev–Trinajstić information content (AvgIpc) is 2.77. The summed E-state index contributed by atoms with van der Waals surface area (Å²) in [4.78, 5) is 14.1. The predicted molar refractivity (Wildman–Crippen MR) is 69.6 cm³/mol. The maximum atomic E-state index is 12.0. The molecular formula is C14H26N2O. The number of nitrogens with two attached hydrogens (primary N) is 1. The lowest BCUT2D eigenvalue weighted by molar-refractivity contribution is -0.133. The predicted octanol–water partition coefficient (Wildman–Crippen LogP) is 2.29. The van der Waals surface area contributed by atoms with Crippen molar-refractivity contribution in [1.29, 1.82) is 0 Å². The van der Waals surface area contributed by atoms with Gasteiger partial charge < -0.3 is 10.6 Å². The van der Waals surface area contributed by atoms with Crippen molar-refractivity contribution in [2.75, 3.05) is 6.54 Å². The van der Waals surface area contributed by atoms with Crippen LogP contribution in [0.3, 0.4) is 0 Å². The van der Waals surface area contributed by atoms with Gasteiger partial charge in [0.1, 0.15) is 0 Å². The minimum Gasteiger partial charge on any atom is -0.338 e. The van der Waals surface area contributed by atoms with Gasteiger partial charge in [-0.1, -0.05) is 32.1 Å². The van der Waals surface area contributed by atoms with E-state index in [2.05, 4.69) is 4.90 Å². The fourth-order valence-electron chi connectivity index (χ4n) is 3.44. The second-order valence-electron chi connectivity index (χ2n) is 5.86. The van der Waals surface area contributed by atoms with E-state index in [1.165, 1.54) is 44.9 Å². The summed E-state index contributed by atoms with van der Waals surface area (Å²) in [5.41, 5.74) is 5.72. The molecule has 1 amide bonds. The zero-order valence-corrected chi connectivity index (χ0v) is 11.0. The fourth-order valence-corrected chi connectivity index (χ4v) is 3.44. The Balaban J connectivity index is 1.88. The van der Waals surface area contributed by atoms with Crippen LogP contribution in [0.2, 0.25) is 0 Å². The molecule has 3 nitrogen and oxygen atoms in total. The van der Waals surface area contributed by atoms with E-state index in [1.807, 2.05) is 0 Å². The van der Waals surface area contributed by atoms with Gasteiger partial charge in [0.25, 0.3) is 0 Å². The number of hydrogen-bond acceptors (Lipinski definition) is 2. The molecule has 0 spiro atoms. The number of rotatable bonds is 3. The van der Waals surface area contributed by atoms with Gasteiger partial charge in [-0.05, 0) is 32.1 Å². The maximum Gasteiger partial charge on any atom is 0.239 e. The van der Waals surface area contributed by atoms with Gasteiger partial charge in [-0.3, -0.25) is 4.79 Å². The summed E-state index contributed by atoms with van der Waals surface area (Å²) in [6.07, 6.45) is 10.5. The zero-order valence-electron chi connectivity index (χ0n) is 11.0. The van der Waals surface area contributed by atoms with Crippen LogP contribution in [0.5, 0.6) is 0 Å². The highest BCUT2D eigenvalue weighted by Crippen LogP contribution is 2.32. The molecule has 1 saturated heterocycles. The topological polar surface area (TPSA) is 46.3 Å². The summed E-state index contributed by atoms with van der Waals surface area (Å²) in [6.45, 7) is 2.73.